The minimum Gasteiger partial charge on any atom is -0.399 e. The molecule has 1 amide bonds. The highest BCUT2D eigenvalue weighted by atomic mass is 16.1. The molecule has 4 N–H and O–H groups in total. The van der Waals surface area contributed by atoms with Gasteiger partial charge in [-0.2, -0.15) is 0 Å². The Morgan fingerprint density at radius 2 is 1.63 bits per heavy atom. The van der Waals surface area contributed by atoms with E-state index in [9.17, 15) is 4.79 Å². The molecule has 2 aromatic carbocycles. The van der Waals surface area contributed by atoms with Gasteiger partial charge in [0.15, 0.2) is 0 Å². The van der Waals surface area contributed by atoms with Crippen LogP contribution in [0.2, 0.25) is 0 Å². The van der Waals surface area contributed by atoms with Gasteiger partial charge in [0.1, 0.15) is 0 Å². The molecule has 0 aromatic heterocycles. The van der Waals surface area contributed by atoms with Crippen LogP contribution in [0.4, 0.5) is 11.4 Å². The second-order valence-electron chi connectivity index (χ2n) is 4.51. The van der Waals surface area contributed by atoms with Gasteiger partial charge in [0.05, 0.1) is 0 Å². The average molecular weight is 255 g/mol. The number of nitrogens with two attached hydrogens (primary N) is 2. The highest BCUT2D eigenvalue weighted by Gasteiger charge is 2.04. The van der Waals surface area contributed by atoms with Crippen molar-refractivity contribution in [1.82, 2.24) is 0 Å². The van der Waals surface area contributed by atoms with Crippen molar-refractivity contribution >= 4 is 17.3 Å². The molecule has 4 nitrogen and oxygen atoms in total. The number of benzene rings is 2. The van der Waals surface area contributed by atoms with E-state index in [0.29, 0.717) is 5.56 Å². The lowest BCUT2D eigenvalue weighted by molar-refractivity contribution is 0.100. The van der Waals surface area contributed by atoms with Gasteiger partial charge in [-0.15, -0.1) is 0 Å². The number of hydrogen-bond acceptors (Lipinski definition) is 3. The summed E-state index contributed by atoms with van der Waals surface area (Å²) in [6.45, 7) is 0.753. The van der Waals surface area contributed by atoms with Crippen molar-refractivity contribution in [2.75, 3.05) is 17.7 Å². The van der Waals surface area contributed by atoms with Crippen LogP contribution in [-0.2, 0) is 6.54 Å². The zero-order valence-corrected chi connectivity index (χ0v) is 10.8. The summed E-state index contributed by atoms with van der Waals surface area (Å²) >= 11 is 0. The minimum atomic E-state index is -0.404. The van der Waals surface area contributed by atoms with Gasteiger partial charge in [-0.25, -0.2) is 0 Å². The topological polar surface area (TPSA) is 72.3 Å². The van der Waals surface area contributed by atoms with E-state index in [1.807, 2.05) is 43.4 Å². The number of amides is 1. The summed E-state index contributed by atoms with van der Waals surface area (Å²) in [4.78, 5) is 13.1. The van der Waals surface area contributed by atoms with Gasteiger partial charge < -0.3 is 16.4 Å². The summed E-state index contributed by atoms with van der Waals surface area (Å²) in [6, 6.07) is 15.0. The quantitative estimate of drug-likeness (QED) is 0.821. The Morgan fingerprint density at radius 3 is 2.16 bits per heavy atom. The molecule has 0 aliphatic carbocycles. The van der Waals surface area contributed by atoms with E-state index >= 15 is 0 Å². The third-order valence-corrected chi connectivity index (χ3v) is 2.99. The molecule has 0 saturated carbocycles. The number of carbonyl (C=O) groups excluding carboxylic acids is 1. The summed E-state index contributed by atoms with van der Waals surface area (Å²) in [6.07, 6.45) is 0. The molecule has 0 atom stereocenters. The Hall–Kier alpha value is -2.49. The first kappa shape index (κ1) is 13.0. The molecule has 0 spiro atoms. The summed E-state index contributed by atoms with van der Waals surface area (Å²) in [5.41, 5.74) is 14.4. The van der Waals surface area contributed by atoms with Gasteiger partial charge in [0, 0.05) is 30.5 Å². The van der Waals surface area contributed by atoms with E-state index in [1.54, 1.807) is 12.1 Å². The van der Waals surface area contributed by atoms with Gasteiger partial charge in [0.2, 0.25) is 5.91 Å². The van der Waals surface area contributed by atoms with Crippen molar-refractivity contribution in [3.8, 4) is 0 Å². The van der Waals surface area contributed by atoms with E-state index in [1.165, 1.54) is 0 Å². The van der Waals surface area contributed by atoms with E-state index in [2.05, 4.69) is 4.90 Å². The molecule has 0 radical (unpaired) electrons. The molecule has 0 fully saturated rings. The fraction of sp³-hybridized carbons (Fsp3) is 0.133. The SMILES string of the molecule is CN(Cc1ccc(C(N)=O)cc1)c1ccc(N)cc1. The summed E-state index contributed by atoms with van der Waals surface area (Å²) < 4.78 is 0. The van der Waals surface area contributed by atoms with Crippen LogP contribution in [0, 0.1) is 0 Å². The summed E-state index contributed by atoms with van der Waals surface area (Å²) in [5, 5.41) is 0. The standard InChI is InChI=1S/C15H17N3O/c1-18(14-8-6-13(16)7-9-14)10-11-2-4-12(5-3-11)15(17)19/h2-9H,10,16H2,1H3,(H2,17,19). The lowest BCUT2D eigenvalue weighted by atomic mass is 10.1. The predicted octanol–water partition coefficient (Wildman–Crippen LogP) is 2.00. The van der Waals surface area contributed by atoms with Crippen molar-refractivity contribution in [2.45, 2.75) is 6.54 Å². The number of nitrogens with zero attached hydrogens (tertiary/aromatic N) is 1. The highest BCUT2D eigenvalue weighted by molar-refractivity contribution is 5.92. The number of nitrogen functional groups attached to an aromatic ring is 1. The second kappa shape index (κ2) is 5.44. The van der Waals surface area contributed by atoms with Crippen LogP contribution < -0.4 is 16.4 Å². The largest absolute Gasteiger partial charge is 0.399 e. The lowest BCUT2D eigenvalue weighted by Gasteiger charge is -2.19. The fourth-order valence-corrected chi connectivity index (χ4v) is 1.87. The van der Waals surface area contributed by atoms with Crippen molar-refractivity contribution in [3.63, 3.8) is 0 Å². The van der Waals surface area contributed by atoms with Gasteiger partial charge in [-0.3, -0.25) is 4.79 Å². The number of rotatable bonds is 4. The molecular weight excluding hydrogens is 238 g/mol. The van der Waals surface area contributed by atoms with Crippen molar-refractivity contribution < 1.29 is 4.79 Å². The molecule has 2 rings (SSSR count). The maximum Gasteiger partial charge on any atom is 0.248 e. The molecule has 19 heavy (non-hydrogen) atoms. The van der Waals surface area contributed by atoms with Crippen molar-refractivity contribution in [2.24, 2.45) is 5.73 Å². The normalized spacial score (nSPS) is 10.2. The van der Waals surface area contributed by atoms with Crippen LogP contribution >= 0.6 is 0 Å². The smallest absolute Gasteiger partial charge is 0.248 e. The third-order valence-electron chi connectivity index (χ3n) is 2.99. The van der Waals surface area contributed by atoms with Crippen LogP contribution in [0.25, 0.3) is 0 Å². The first-order valence-electron chi connectivity index (χ1n) is 6.01. The third kappa shape index (κ3) is 3.25. The van der Waals surface area contributed by atoms with E-state index in [4.69, 9.17) is 11.5 Å². The first-order valence-corrected chi connectivity index (χ1v) is 6.01. The molecule has 2 aromatic rings. The van der Waals surface area contributed by atoms with E-state index < -0.39 is 5.91 Å². The number of anilines is 2. The molecule has 0 bridgehead atoms. The predicted molar refractivity (Wildman–Crippen MR) is 77.9 cm³/mol. The summed E-state index contributed by atoms with van der Waals surface area (Å²) in [7, 11) is 2.01. The molecule has 0 unspecified atom stereocenters. The highest BCUT2D eigenvalue weighted by Crippen LogP contribution is 2.17. The number of primary amides is 1. The molecule has 0 saturated heterocycles. The maximum atomic E-state index is 11.0. The lowest BCUT2D eigenvalue weighted by Crippen LogP contribution is -2.16. The monoisotopic (exact) mass is 255 g/mol. The zero-order valence-electron chi connectivity index (χ0n) is 10.8. The molecule has 0 aliphatic rings. The maximum absolute atomic E-state index is 11.0. The minimum absolute atomic E-state index is 0.404. The Labute approximate surface area is 112 Å². The number of hydrogen-bond donors (Lipinski definition) is 2. The van der Waals surface area contributed by atoms with Gasteiger partial charge in [-0.05, 0) is 42.0 Å². The van der Waals surface area contributed by atoms with Gasteiger partial charge in [-0.1, -0.05) is 12.1 Å². The zero-order chi connectivity index (χ0) is 13.8. The fourth-order valence-electron chi connectivity index (χ4n) is 1.87. The van der Waals surface area contributed by atoms with Crippen LogP contribution in [0.1, 0.15) is 15.9 Å². The van der Waals surface area contributed by atoms with Crippen LogP contribution in [0.5, 0.6) is 0 Å². The van der Waals surface area contributed by atoms with E-state index in [0.717, 1.165) is 23.5 Å². The Balaban J connectivity index is 2.08. The summed E-state index contributed by atoms with van der Waals surface area (Å²) in [5.74, 6) is -0.404. The molecule has 4 heteroatoms. The van der Waals surface area contributed by atoms with Crippen LogP contribution in [0.3, 0.4) is 0 Å². The molecule has 98 valence electrons. The van der Waals surface area contributed by atoms with Crippen molar-refractivity contribution in [3.05, 3.63) is 59.7 Å². The van der Waals surface area contributed by atoms with Crippen LogP contribution in [0.15, 0.2) is 48.5 Å². The van der Waals surface area contributed by atoms with Gasteiger partial charge >= 0.3 is 0 Å². The Morgan fingerprint density at radius 1 is 1.05 bits per heavy atom. The van der Waals surface area contributed by atoms with Crippen LogP contribution in [-0.4, -0.2) is 13.0 Å². The molecule has 0 heterocycles. The van der Waals surface area contributed by atoms with Crippen molar-refractivity contribution in [1.29, 1.82) is 0 Å². The Kier molecular flexibility index (Phi) is 3.71. The molecular formula is C15H17N3O. The van der Waals surface area contributed by atoms with Gasteiger partial charge in [0.25, 0.3) is 0 Å². The first-order chi connectivity index (χ1) is 9.06. The molecule has 0 aliphatic heterocycles. The average Bonchev–Trinajstić information content (AvgIpc) is 2.40. The number of carbonyl (C=O) groups is 1. The second-order valence-corrected chi connectivity index (χ2v) is 4.51. The Bertz CT molecular complexity index is 561. The van der Waals surface area contributed by atoms with E-state index in [-0.39, 0.29) is 0 Å².